The Kier molecular flexibility index (Phi) is 4.02. The minimum absolute atomic E-state index is 0.493. The third-order valence-corrected chi connectivity index (χ3v) is 2.50. The van der Waals surface area contributed by atoms with Crippen LogP contribution in [0.1, 0.15) is 45.4 Å². The van der Waals surface area contributed by atoms with Gasteiger partial charge in [0.1, 0.15) is 0 Å². The first kappa shape index (κ1) is 10.0. The van der Waals surface area contributed by atoms with Gasteiger partial charge < -0.3 is 9.84 Å². The number of ether oxygens (including phenoxy) is 1. The molecule has 0 atom stereocenters. The van der Waals surface area contributed by atoms with Crippen LogP contribution >= 0.6 is 0 Å². The van der Waals surface area contributed by atoms with Crippen LogP contribution in [0, 0.1) is 0 Å². The van der Waals surface area contributed by atoms with Crippen LogP contribution in [-0.4, -0.2) is 23.9 Å². The van der Waals surface area contributed by atoms with Crippen LogP contribution in [0.2, 0.25) is 0 Å². The van der Waals surface area contributed by atoms with Gasteiger partial charge in [-0.15, -0.1) is 0 Å². The van der Waals surface area contributed by atoms with Gasteiger partial charge in [0.15, 0.2) is 0 Å². The summed E-state index contributed by atoms with van der Waals surface area (Å²) in [5.41, 5.74) is -0.493. The number of hydrogen-bond acceptors (Lipinski definition) is 2. The topological polar surface area (TPSA) is 29.5 Å². The second-order valence-electron chi connectivity index (χ2n) is 3.84. The molecule has 2 nitrogen and oxygen atoms in total. The van der Waals surface area contributed by atoms with Gasteiger partial charge in [-0.3, -0.25) is 0 Å². The lowest BCUT2D eigenvalue weighted by atomic mass is 9.86. The summed E-state index contributed by atoms with van der Waals surface area (Å²) in [4.78, 5) is 0. The van der Waals surface area contributed by atoms with Gasteiger partial charge in [0.2, 0.25) is 0 Å². The van der Waals surface area contributed by atoms with Crippen molar-refractivity contribution in [3.63, 3.8) is 0 Å². The lowest BCUT2D eigenvalue weighted by Gasteiger charge is -2.31. The highest BCUT2D eigenvalue weighted by molar-refractivity contribution is 4.81. The highest BCUT2D eigenvalue weighted by atomic mass is 16.5. The summed E-state index contributed by atoms with van der Waals surface area (Å²) in [5, 5.41) is 9.97. The molecule has 1 N–H and O–H groups in total. The van der Waals surface area contributed by atoms with Gasteiger partial charge in [-0.25, -0.2) is 0 Å². The molecule has 72 valence electrons. The molecule has 0 aliphatic heterocycles. The monoisotopic (exact) mass is 172 g/mol. The summed E-state index contributed by atoms with van der Waals surface area (Å²) in [6.45, 7) is 3.41. The van der Waals surface area contributed by atoms with Gasteiger partial charge in [-0.2, -0.15) is 0 Å². The summed E-state index contributed by atoms with van der Waals surface area (Å²) >= 11 is 0. The zero-order chi connectivity index (χ0) is 8.86. The van der Waals surface area contributed by atoms with Crippen molar-refractivity contribution in [3.05, 3.63) is 0 Å². The van der Waals surface area contributed by atoms with E-state index in [9.17, 15) is 5.11 Å². The van der Waals surface area contributed by atoms with E-state index in [2.05, 4.69) is 6.92 Å². The van der Waals surface area contributed by atoms with Crippen LogP contribution in [0.15, 0.2) is 0 Å². The van der Waals surface area contributed by atoms with Crippen molar-refractivity contribution in [2.75, 3.05) is 13.2 Å². The molecule has 0 spiro atoms. The molecule has 0 aromatic rings. The maximum absolute atomic E-state index is 9.97. The highest BCUT2D eigenvalue weighted by Gasteiger charge is 2.28. The molecule has 1 aliphatic rings. The summed E-state index contributed by atoms with van der Waals surface area (Å²) < 4.78 is 5.38. The van der Waals surface area contributed by atoms with Crippen molar-refractivity contribution < 1.29 is 9.84 Å². The van der Waals surface area contributed by atoms with E-state index in [0.717, 1.165) is 38.7 Å². The van der Waals surface area contributed by atoms with Gasteiger partial charge >= 0.3 is 0 Å². The number of hydrogen-bond donors (Lipinski definition) is 1. The molecule has 1 fully saturated rings. The second-order valence-corrected chi connectivity index (χ2v) is 3.84. The molecule has 0 amide bonds. The number of rotatable bonds is 4. The Balaban J connectivity index is 2.17. The molecule has 0 saturated heterocycles. The molecule has 0 bridgehead atoms. The Labute approximate surface area is 74.9 Å². The van der Waals surface area contributed by atoms with Crippen molar-refractivity contribution in [1.29, 1.82) is 0 Å². The second kappa shape index (κ2) is 4.83. The van der Waals surface area contributed by atoms with Crippen molar-refractivity contribution >= 4 is 0 Å². The van der Waals surface area contributed by atoms with Crippen molar-refractivity contribution in [2.24, 2.45) is 0 Å². The summed E-state index contributed by atoms with van der Waals surface area (Å²) in [5.74, 6) is 0. The van der Waals surface area contributed by atoms with Crippen LogP contribution < -0.4 is 0 Å². The zero-order valence-corrected chi connectivity index (χ0v) is 8.01. The van der Waals surface area contributed by atoms with Crippen molar-refractivity contribution in [2.45, 2.75) is 51.0 Å². The summed E-state index contributed by atoms with van der Waals surface area (Å²) in [6, 6.07) is 0. The Morgan fingerprint density at radius 1 is 1.25 bits per heavy atom. The van der Waals surface area contributed by atoms with Gasteiger partial charge in [0.05, 0.1) is 12.2 Å². The normalized spacial score (nSPS) is 22.5. The molecular weight excluding hydrogens is 152 g/mol. The van der Waals surface area contributed by atoms with E-state index in [-0.39, 0.29) is 0 Å². The standard InChI is InChI=1S/C10H20O2/c1-2-8-12-9-10(11)6-4-3-5-7-10/h11H,2-9H2,1H3. The van der Waals surface area contributed by atoms with Gasteiger partial charge in [0, 0.05) is 6.61 Å². The minimum Gasteiger partial charge on any atom is -0.387 e. The lowest BCUT2D eigenvalue weighted by molar-refractivity contribution is -0.0681. The summed E-state index contributed by atoms with van der Waals surface area (Å²) in [6.07, 6.45) is 6.48. The van der Waals surface area contributed by atoms with Crippen LogP contribution in [0.5, 0.6) is 0 Å². The first-order valence-corrected chi connectivity index (χ1v) is 5.07. The third kappa shape index (κ3) is 3.11. The molecule has 0 heterocycles. The fourth-order valence-electron chi connectivity index (χ4n) is 1.76. The number of aliphatic hydroxyl groups is 1. The maximum atomic E-state index is 9.97. The van der Waals surface area contributed by atoms with E-state index in [1.54, 1.807) is 0 Å². The van der Waals surface area contributed by atoms with E-state index >= 15 is 0 Å². The molecule has 0 radical (unpaired) electrons. The van der Waals surface area contributed by atoms with E-state index in [0.29, 0.717) is 6.61 Å². The molecule has 1 aliphatic carbocycles. The minimum atomic E-state index is -0.493. The average Bonchev–Trinajstić information content (AvgIpc) is 2.06. The van der Waals surface area contributed by atoms with Crippen LogP contribution in [0.4, 0.5) is 0 Å². The largest absolute Gasteiger partial charge is 0.387 e. The molecule has 1 saturated carbocycles. The Morgan fingerprint density at radius 2 is 1.92 bits per heavy atom. The predicted octanol–water partition coefficient (Wildman–Crippen LogP) is 2.11. The van der Waals surface area contributed by atoms with Gasteiger partial charge in [-0.05, 0) is 19.3 Å². The fraction of sp³-hybridized carbons (Fsp3) is 1.00. The molecular formula is C10H20O2. The van der Waals surface area contributed by atoms with Crippen LogP contribution in [0.25, 0.3) is 0 Å². The first-order chi connectivity index (χ1) is 5.77. The van der Waals surface area contributed by atoms with Crippen LogP contribution in [-0.2, 0) is 4.74 Å². The van der Waals surface area contributed by atoms with Gasteiger partial charge in [-0.1, -0.05) is 26.2 Å². The molecule has 0 aromatic heterocycles. The van der Waals surface area contributed by atoms with Crippen LogP contribution in [0.3, 0.4) is 0 Å². The fourth-order valence-corrected chi connectivity index (χ4v) is 1.76. The average molecular weight is 172 g/mol. The van der Waals surface area contributed by atoms with E-state index in [4.69, 9.17) is 4.74 Å². The molecule has 0 aromatic carbocycles. The van der Waals surface area contributed by atoms with E-state index < -0.39 is 5.60 Å². The third-order valence-electron chi connectivity index (χ3n) is 2.50. The smallest absolute Gasteiger partial charge is 0.0880 e. The first-order valence-electron chi connectivity index (χ1n) is 5.07. The van der Waals surface area contributed by atoms with Crippen molar-refractivity contribution in [3.8, 4) is 0 Å². The van der Waals surface area contributed by atoms with E-state index in [1.807, 2.05) is 0 Å². The maximum Gasteiger partial charge on any atom is 0.0880 e. The Morgan fingerprint density at radius 3 is 2.50 bits per heavy atom. The lowest BCUT2D eigenvalue weighted by Crippen LogP contribution is -2.36. The zero-order valence-electron chi connectivity index (χ0n) is 8.01. The molecule has 1 rings (SSSR count). The van der Waals surface area contributed by atoms with E-state index in [1.165, 1.54) is 6.42 Å². The Bertz CT molecular complexity index is 117. The highest BCUT2D eigenvalue weighted by Crippen LogP contribution is 2.27. The van der Waals surface area contributed by atoms with Gasteiger partial charge in [0.25, 0.3) is 0 Å². The quantitative estimate of drug-likeness (QED) is 0.658. The van der Waals surface area contributed by atoms with Crippen molar-refractivity contribution in [1.82, 2.24) is 0 Å². The SMILES string of the molecule is CCCOCC1(O)CCCCC1. The molecule has 12 heavy (non-hydrogen) atoms. The Hall–Kier alpha value is -0.0800. The molecule has 0 unspecified atom stereocenters. The predicted molar refractivity (Wildman–Crippen MR) is 49.1 cm³/mol. The molecule has 2 heteroatoms. The summed E-state index contributed by atoms with van der Waals surface area (Å²) in [7, 11) is 0.